The van der Waals surface area contributed by atoms with Crippen molar-refractivity contribution in [1.82, 2.24) is 0 Å². The van der Waals surface area contributed by atoms with Crippen molar-refractivity contribution in [2.24, 2.45) is 0 Å². The lowest BCUT2D eigenvalue weighted by Gasteiger charge is -2.45. The van der Waals surface area contributed by atoms with Crippen LogP contribution in [-0.4, -0.2) is 32.0 Å². The van der Waals surface area contributed by atoms with Crippen molar-refractivity contribution < 1.29 is 4.39 Å². The van der Waals surface area contributed by atoms with Gasteiger partial charge in [0.1, 0.15) is 0 Å². The molecule has 2 heteroatoms. The number of likely N-dealkylation sites (tertiary alicyclic amines) is 1. The van der Waals surface area contributed by atoms with Crippen molar-refractivity contribution in [3.63, 3.8) is 0 Å². The highest BCUT2D eigenvalue weighted by Crippen LogP contribution is 2.13. The maximum atomic E-state index is 2.36. The van der Waals surface area contributed by atoms with E-state index in [1.807, 2.05) is 0 Å². The summed E-state index contributed by atoms with van der Waals surface area (Å²) in [6.07, 6.45) is 4.53. The van der Waals surface area contributed by atoms with Gasteiger partial charge in [-0.1, -0.05) is 0 Å². The van der Waals surface area contributed by atoms with Gasteiger partial charge in [0, 0.05) is 19.6 Å². The number of nitrogens with zero attached hydrogens (tertiary/aromatic N) is 1. The number of piperidine rings is 1. The Morgan fingerprint density at radius 3 is 2.11 bits per heavy atom. The van der Waals surface area contributed by atoms with Gasteiger partial charge in [-0.25, -0.2) is 0 Å². The van der Waals surface area contributed by atoms with Crippen LogP contribution in [0.5, 0.6) is 0 Å². The van der Waals surface area contributed by atoms with Crippen LogP contribution >= 0.6 is 0 Å². The molecule has 1 rings (SSSR count). The Labute approximate surface area is 59.1 Å². The van der Waals surface area contributed by atoms with E-state index in [9.17, 15) is 0 Å². The van der Waals surface area contributed by atoms with E-state index in [4.69, 9.17) is 0 Å². The molecule has 0 spiro atoms. The van der Waals surface area contributed by atoms with Gasteiger partial charge in [-0.2, -0.15) is 0 Å². The molecule has 0 saturated carbocycles. The van der Waals surface area contributed by atoms with Crippen LogP contribution in [0.1, 0.15) is 26.2 Å². The third-order valence-electron chi connectivity index (χ3n) is 1.90. The van der Waals surface area contributed by atoms with Crippen LogP contribution in [0, 0.1) is 0 Å². The molecule has 1 saturated heterocycles. The highest BCUT2D eigenvalue weighted by molar-refractivity contribution is 5.97. The quantitative estimate of drug-likeness (QED) is 0.444. The molecule has 0 N–H and O–H groups in total. The zero-order chi connectivity index (χ0) is 6.74. The molecule has 0 aromatic rings. The van der Waals surface area contributed by atoms with Crippen molar-refractivity contribution in [2.45, 2.75) is 26.2 Å². The maximum Gasteiger partial charge on any atom is 0.169 e. The van der Waals surface area contributed by atoms with Gasteiger partial charge in [0.05, 0.1) is 0 Å². The minimum absolute atomic E-state index is 0.563. The van der Waals surface area contributed by atoms with Gasteiger partial charge < -0.3 is 4.39 Å². The molecule has 0 aliphatic carbocycles. The van der Waals surface area contributed by atoms with Gasteiger partial charge in [-0.05, 0) is 26.2 Å². The summed E-state index contributed by atoms with van der Waals surface area (Å²) in [7, 11) is 0.563. The molecule has 1 fully saturated rings. The Bertz CT molecular complexity index is 86.9. The van der Waals surface area contributed by atoms with Gasteiger partial charge in [-0.15, -0.1) is 0 Å². The normalized spacial score (nSPS) is 26.0. The molecular weight excluding hydrogens is 109 g/mol. The highest BCUT2D eigenvalue weighted by atomic mass is 15.3. The third-order valence-corrected chi connectivity index (χ3v) is 1.90. The molecule has 0 atom stereocenters. The van der Waals surface area contributed by atoms with Gasteiger partial charge in [0.25, 0.3) is 0 Å². The van der Waals surface area contributed by atoms with Crippen molar-refractivity contribution in [2.75, 3.05) is 19.6 Å². The summed E-state index contributed by atoms with van der Waals surface area (Å²) in [4.78, 5) is 0. The van der Waals surface area contributed by atoms with Crippen LogP contribution in [0.25, 0.3) is 0 Å². The first-order chi connectivity index (χ1) is 4.27. The van der Waals surface area contributed by atoms with E-state index in [1.54, 1.807) is 4.39 Å². The predicted molar refractivity (Wildman–Crippen MR) is 44.3 cm³/mol. The third kappa shape index (κ3) is 1.72. The van der Waals surface area contributed by atoms with Crippen LogP contribution in [0.3, 0.4) is 0 Å². The smallest absolute Gasteiger partial charge is 0.169 e. The highest BCUT2D eigenvalue weighted by Gasteiger charge is 2.15. The molecule has 0 aromatic heterocycles. The summed E-state index contributed by atoms with van der Waals surface area (Å²) in [5, 5.41) is 0. The Hall–Kier alpha value is 0.0249. The first kappa shape index (κ1) is 7.14. The minimum atomic E-state index is 0.563. The van der Waals surface area contributed by atoms with Crippen LogP contribution in [0.2, 0.25) is 0 Å². The largest absolute Gasteiger partial charge is 0.523 e. The molecule has 9 heavy (non-hydrogen) atoms. The van der Waals surface area contributed by atoms with E-state index in [0.717, 1.165) is 0 Å². The molecule has 0 unspecified atom stereocenters. The first-order valence-corrected chi connectivity index (χ1v) is 3.66. The second-order valence-electron chi connectivity index (χ2n) is 2.49. The van der Waals surface area contributed by atoms with Crippen LogP contribution < -0.4 is 0 Å². The Kier molecular flexibility index (Phi) is 2.17. The fraction of sp³-hybridized carbons (Fsp3) is 1.00. The average Bonchev–Trinajstić information content (AvgIpc) is 1.90. The van der Waals surface area contributed by atoms with Gasteiger partial charge in [0.2, 0.25) is 0 Å². The van der Waals surface area contributed by atoms with Crippen molar-refractivity contribution in [1.29, 1.82) is 0 Å². The fourth-order valence-electron chi connectivity index (χ4n) is 1.28. The van der Waals surface area contributed by atoms with E-state index in [2.05, 4.69) is 6.92 Å². The van der Waals surface area contributed by atoms with Crippen molar-refractivity contribution >= 4 is 7.98 Å². The second-order valence-corrected chi connectivity index (χ2v) is 2.49. The fourth-order valence-corrected chi connectivity index (χ4v) is 1.28. The molecule has 0 amide bonds. The summed E-state index contributed by atoms with van der Waals surface area (Å²) in [5.41, 5.74) is 0. The zero-order valence-electron chi connectivity index (χ0n) is 5.69. The van der Waals surface area contributed by atoms with E-state index in [0.29, 0.717) is 7.98 Å². The maximum absolute atomic E-state index is 2.36. The number of hydrogen-bond donors (Lipinski definition) is 0. The van der Waals surface area contributed by atoms with E-state index >= 15 is 0 Å². The molecular formula is C7H18BN. The second kappa shape index (κ2) is 2.74. The number of rotatable bonds is 1. The predicted octanol–water partition coefficient (Wildman–Crippen LogP) is 0.287. The summed E-state index contributed by atoms with van der Waals surface area (Å²) >= 11 is 0. The van der Waals surface area contributed by atoms with E-state index in [-0.39, 0.29) is 0 Å². The minimum Gasteiger partial charge on any atom is -0.523 e. The van der Waals surface area contributed by atoms with Gasteiger partial charge in [-0.3, -0.25) is 0 Å². The summed E-state index contributed by atoms with van der Waals surface area (Å²) in [6.45, 7) is 6.84. The Balaban J connectivity index is 2.37. The summed E-state index contributed by atoms with van der Waals surface area (Å²) < 4.78 is 1.57. The SMILES string of the molecule is [BH3-][N+]1(CC)CCCCC1. The average molecular weight is 127 g/mol. The molecule has 54 valence electrons. The lowest BCUT2D eigenvalue weighted by atomic mass is 10.0. The molecule has 1 heterocycles. The first-order valence-electron chi connectivity index (χ1n) is 3.66. The van der Waals surface area contributed by atoms with Crippen LogP contribution in [-0.2, 0) is 0 Å². The molecule has 0 bridgehead atoms. The molecule has 1 aliphatic rings. The van der Waals surface area contributed by atoms with Gasteiger partial charge >= 0.3 is 0 Å². The van der Waals surface area contributed by atoms with E-state index < -0.39 is 0 Å². The summed E-state index contributed by atoms with van der Waals surface area (Å²) in [5.74, 6) is 0. The van der Waals surface area contributed by atoms with Crippen LogP contribution in [0.4, 0.5) is 0 Å². The molecule has 0 radical (unpaired) electrons. The zero-order valence-corrected chi connectivity index (χ0v) is 5.69. The van der Waals surface area contributed by atoms with E-state index in [1.165, 1.54) is 38.9 Å². The number of hydrogen-bond acceptors (Lipinski definition) is 0. The summed E-state index contributed by atoms with van der Waals surface area (Å²) in [6, 6.07) is 0. The molecule has 1 aliphatic heterocycles. The monoisotopic (exact) mass is 127 g/mol. The Morgan fingerprint density at radius 2 is 1.78 bits per heavy atom. The number of quaternary nitrogens is 1. The van der Waals surface area contributed by atoms with Crippen LogP contribution in [0.15, 0.2) is 0 Å². The van der Waals surface area contributed by atoms with Gasteiger partial charge in [0.15, 0.2) is 7.98 Å². The topological polar surface area (TPSA) is 0 Å². The molecule has 1 nitrogen and oxygen atoms in total. The lowest BCUT2D eigenvalue weighted by Crippen LogP contribution is -2.48. The van der Waals surface area contributed by atoms with Crippen molar-refractivity contribution in [3.8, 4) is 0 Å². The Morgan fingerprint density at radius 1 is 1.22 bits per heavy atom. The lowest BCUT2D eigenvalue weighted by molar-refractivity contribution is -0.820. The standard InChI is InChI=1S/C7H18BN/c1-2-9(8)6-4-3-5-7-9/h2-7H2,1,8H3. The molecule has 0 aromatic carbocycles. The van der Waals surface area contributed by atoms with Crippen molar-refractivity contribution in [3.05, 3.63) is 0 Å².